The average molecular weight is 362 g/mol. The molecule has 8 heteroatoms. The summed E-state index contributed by atoms with van der Waals surface area (Å²) in [5.41, 5.74) is -0.161. The summed E-state index contributed by atoms with van der Waals surface area (Å²) in [6.45, 7) is 7.53. The molecular formula is C17H22N4O3S. The molecular weight excluding hydrogens is 340 g/mol. The van der Waals surface area contributed by atoms with Gasteiger partial charge in [-0.05, 0) is 64.2 Å². The second kappa shape index (κ2) is 6.59. The van der Waals surface area contributed by atoms with Gasteiger partial charge in [-0.3, -0.25) is 9.59 Å². The zero-order valence-electron chi connectivity index (χ0n) is 14.8. The van der Waals surface area contributed by atoms with Crippen LogP contribution in [-0.4, -0.2) is 37.9 Å². The van der Waals surface area contributed by atoms with Gasteiger partial charge in [-0.15, -0.1) is 5.10 Å². The van der Waals surface area contributed by atoms with Crippen molar-refractivity contribution in [2.75, 3.05) is 0 Å². The van der Waals surface area contributed by atoms with E-state index in [9.17, 15) is 9.59 Å². The largest absolute Gasteiger partial charge is 0.464 e. The molecule has 2 aromatic heterocycles. The van der Waals surface area contributed by atoms with Gasteiger partial charge < -0.3 is 14.6 Å². The first-order chi connectivity index (χ1) is 11.8. The number of rotatable bonds is 5. The molecule has 1 atom stereocenters. The van der Waals surface area contributed by atoms with E-state index in [4.69, 9.17) is 4.42 Å². The third-order valence-electron chi connectivity index (χ3n) is 3.81. The van der Waals surface area contributed by atoms with Crippen molar-refractivity contribution in [2.45, 2.75) is 58.2 Å². The van der Waals surface area contributed by atoms with Gasteiger partial charge in [-0.1, -0.05) is 4.49 Å². The Morgan fingerprint density at radius 3 is 2.56 bits per heavy atom. The summed E-state index contributed by atoms with van der Waals surface area (Å²) in [6, 6.07) is 2.74. The Morgan fingerprint density at radius 2 is 2.08 bits per heavy atom. The molecule has 0 radical (unpaired) electrons. The van der Waals surface area contributed by atoms with E-state index in [-0.39, 0.29) is 23.6 Å². The van der Waals surface area contributed by atoms with Crippen LogP contribution in [0.15, 0.2) is 21.9 Å². The Bertz CT molecular complexity index is 759. The number of furan rings is 1. The first kappa shape index (κ1) is 17.6. The van der Waals surface area contributed by atoms with Crippen LogP contribution in [0, 0.1) is 6.92 Å². The van der Waals surface area contributed by atoms with E-state index in [1.165, 1.54) is 0 Å². The SMILES string of the molecule is Cc1ccc([C@@H](C(=O)NC(C)(C)C)N(C(=O)c2csnn2)C2CC2)o1. The molecule has 0 unspecified atom stereocenters. The van der Waals surface area contributed by atoms with E-state index >= 15 is 0 Å². The van der Waals surface area contributed by atoms with E-state index in [2.05, 4.69) is 14.9 Å². The maximum atomic E-state index is 13.0. The van der Waals surface area contributed by atoms with Gasteiger partial charge in [0.25, 0.3) is 11.8 Å². The zero-order chi connectivity index (χ0) is 18.2. The third-order valence-corrected chi connectivity index (χ3v) is 4.31. The maximum Gasteiger partial charge on any atom is 0.276 e. The number of carbonyl (C=O) groups is 2. The molecule has 1 fully saturated rings. The highest BCUT2D eigenvalue weighted by Crippen LogP contribution is 2.36. The standard InChI is InChI=1S/C17H22N4O3S/c1-10-5-8-13(24-10)14(15(22)18-17(2,3)4)21(11-6-7-11)16(23)12-9-25-20-19-12/h5,8-9,11,14H,6-7H2,1-4H3,(H,18,22)/t14-/m0/s1. The highest BCUT2D eigenvalue weighted by Gasteiger charge is 2.44. The molecule has 0 aliphatic heterocycles. The molecule has 0 spiro atoms. The van der Waals surface area contributed by atoms with Crippen LogP contribution >= 0.6 is 11.5 Å². The maximum absolute atomic E-state index is 13.0. The molecule has 3 rings (SSSR count). The number of aryl methyl sites for hydroxylation is 1. The van der Waals surface area contributed by atoms with E-state index in [0.717, 1.165) is 24.4 Å². The fourth-order valence-corrected chi connectivity index (χ4v) is 3.10. The molecule has 1 saturated carbocycles. The monoisotopic (exact) mass is 362 g/mol. The van der Waals surface area contributed by atoms with Crippen LogP contribution < -0.4 is 5.32 Å². The topological polar surface area (TPSA) is 88.3 Å². The van der Waals surface area contributed by atoms with Crippen LogP contribution in [0.5, 0.6) is 0 Å². The van der Waals surface area contributed by atoms with E-state index in [0.29, 0.717) is 11.5 Å². The zero-order valence-corrected chi connectivity index (χ0v) is 15.6. The molecule has 25 heavy (non-hydrogen) atoms. The Labute approximate surface area is 150 Å². The predicted molar refractivity (Wildman–Crippen MR) is 93.2 cm³/mol. The van der Waals surface area contributed by atoms with E-state index < -0.39 is 11.6 Å². The molecule has 2 amide bonds. The molecule has 7 nitrogen and oxygen atoms in total. The summed E-state index contributed by atoms with van der Waals surface area (Å²) in [4.78, 5) is 27.6. The minimum absolute atomic E-state index is 0.00956. The van der Waals surface area contributed by atoms with Crippen LogP contribution in [-0.2, 0) is 4.79 Å². The van der Waals surface area contributed by atoms with Gasteiger partial charge in [0.05, 0.1) is 0 Å². The number of nitrogens with one attached hydrogen (secondary N) is 1. The van der Waals surface area contributed by atoms with Crippen LogP contribution in [0.25, 0.3) is 0 Å². The Morgan fingerprint density at radius 1 is 1.36 bits per heavy atom. The molecule has 0 bridgehead atoms. The van der Waals surface area contributed by atoms with Gasteiger partial charge in [0.1, 0.15) is 11.5 Å². The molecule has 1 aliphatic rings. The molecule has 2 aromatic rings. The second-order valence-corrected chi connectivity index (χ2v) is 7.93. The third kappa shape index (κ3) is 4.07. The normalized spacial score (nSPS) is 15.7. The fraction of sp³-hybridized carbons (Fsp3) is 0.529. The number of amides is 2. The number of hydrogen-bond acceptors (Lipinski definition) is 6. The fourth-order valence-electron chi connectivity index (χ4n) is 2.67. The smallest absolute Gasteiger partial charge is 0.276 e. The number of nitrogens with zero attached hydrogens (tertiary/aromatic N) is 3. The lowest BCUT2D eigenvalue weighted by Gasteiger charge is -2.32. The van der Waals surface area contributed by atoms with Gasteiger partial charge in [-0.2, -0.15) is 0 Å². The number of aromatic nitrogens is 2. The number of carbonyl (C=O) groups excluding carboxylic acids is 2. The van der Waals surface area contributed by atoms with Crippen molar-refractivity contribution in [3.05, 3.63) is 34.7 Å². The van der Waals surface area contributed by atoms with Gasteiger partial charge in [-0.25, -0.2) is 0 Å². The summed E-state index contributed by atoms with van der Waals surface area (Å²) in [5.74, 6) is 0.606. The Balaban J connectivity index is 1.98. The Hall–Kier alpha value is -2.22. The first-order valence-corrected chi connectivity index (χ1v) is 9.08. The quantitative estimate of drug-likeness (QED) is 0.883. The Kier molecular flexibility index (Phi) is 4.64. The molecule has 0 aromatic carbocycles. The van der Waals surface area contributed by atoms with Gasteiger partial charge in [0.15, 0.2) is 11.7 Å². The summed E-state index contributed by atoms with van der Waals surface area (Å²) in [6.07, 6.45) is 1.73. The van der Waals surface area contributed by atoms with Crippen LogP contribution in [0.3, 0.4) is 0 Å². The van der Waals surface area contributed by atoms with Crippen molar-refractivity contribution in [1.82, 2.24) is 19.8 Å². The minimum Gasteiger partial charge on any atom is -0.464 e. The van der Waals surface area contributed by atoms with Crippen LogP contribution in [0.2, 0.25) is 0 Å². The lowest BCUT2D eigenvalue weighted by Crippen LogP contribution is -2.50. The van der Waals surface area contributed by atoms with Crippen molar-refractivity contribution >= 4 is 23.3 Å². The summed E-state index contributed by atoms with van der Waals surface area (Å²) < 4.78 is 9.49. The summed E-state index contributed by atoms with van der Waals surface area (Å²) in [5, 5.41) is 8.44. The highest BCUT2D eigenvalue weighted by atomic mass is 32.1. The van der Waals surface area contributed by atoms with Crippen molar-refractivity contribution < 1.29 is 14.0 Å². The van der Waals surface area contributed by atoms with Gasteiger partial charge in [0.2, 0.25) is 0 Å². The van der Waals surface area contributed by atoms with Crippen LogP contribution in [0.1, 0.15) is 61.7 Å². The molecule has 2 heterocycles. The number of hydrogen-bond donors (Lipinski definition) is 1. The molecule has 1 aliphatic carbocycles. The van der Waals surface area contributed by atoms with Crippen molar-refractivity contribution in [2.24, 2.45) is 0 Å². The summed E-state index contributed by atoms with van der Waals surface area (Å²) >= 11 is 1.11. The lowest BCUT2D eigenvalue weighted by atomic mass is 10.1. The lowest BCUT2D eigenvalue weighted by molar-refractivity contribution is -0.128. The average Bonchev–Trinajstić information content (AvgIpc) is 3.02. The van der Waals surface area contributed by atoms with Gasteiger partial charge >= 0.3 is 0 Å². The second-order valence-electron chi connectivity index (χ2n) is 7.32. The van der Waals surface area contributed by atoms with Crippen LogP contribution in [0.4, 0.5) is 0 Å². The van der Waals surface area contributed by atoms with Gasteiger partial charge in [0, 0.05) is 17.0 Å². The summed E-state index contributed by atoms with van der Waals surface area (Å²) in [7, 11) is 0. The van der Waals surface area contributed by atoms with Crippen molar-refractivity contribution in [3.63, 3.8) is 0 Å². The molecule has 134 valence electrons. The van der Waals surface area contributed by atoms with Crippen molar-refractivity contribution in [1.29, 1.82) is 0 Å². The van der Waals surface area contributed by atoms with E-state index in [1.54, 1.807) is 22.4 Å². The van der Waals surface area contributed by atoms with E-state index in [1.807, 2.05) is 27.7 Å². The molecule has 0 saturated heterocycles. The van der Waals surface area contributed by atoms with Crippen molar-refractivity contribution in [3.8, 4) is 0 Å². The minimum atomic E-state index is -0.824. The highest BCUT2D eigenvalue weighted by molar-refractivity contribution is 7.03. The molecule has 1 N–H and O–H groups in total. The predicted octanol–water partition coefficient (Wildman–Crippen LogP) is 2.70. The first-order valence-electron chi connectivity index (χ1n) is 8.24.